The molecule has 3 rings (SSSR count). The first kappa shape index (κ1) is 17.1. The maximum Gasteiger partial charge on any atom is 0.245 e. The van der Waals surface area contributed by atoms with Gasteiger partial charge in [0.25, 0.3) is 0 Å². The molecule has 3 heterocycles. The third kappa shape index (κ3) is 4.21. The van der Waals surface area contributed by atoms with Crippen molar-refractivity contribution < 1.29 is 4.79 Å². The van der Waals surface area contributed by atoms with Crippen molar-refractivity contribution in [2.45, 2.75) is 32.6 Å². The first-order valence-corrected chi connectivity index (χ1v) is 8.52. The topological polar surface area (TPSA) is 71.0 Å². The predicted octanol–water partition coefficient (Wildman–Crippen LogP) is 3.12. The molecule has 2 aromatic heterocycles. The van der Waals surface area contributed by atoms with Gasteiger partial charge in [-0.05, 0) is 51.0 Å². The molecule has 2 aromatic rings. The van der Waals surface area contributed by atoms with Gasteiger partial charge in [0.15, 0.2) is 0 Å². The molecule has 0 saturated carbocycles. The lowest BCUT2D eigenvalue weighted by Gasteiger charge is -2.31. The fourth-order valence-electron chi connectivity index (χ4n) is 3.18. The van der Waals surface area contributed by atoms with Crippen LogP contribution in [-0.4, -0.2) is 38.8 Å². The van der Waals surface area contributed by atoms with Crippen LogP contribution >= 0.6 is 0 Å². The van der Waals surface area contributed by atoms with Crippen LogP contribution in [0.1, 0.15) is 35.8 Å². The number of pyridine rings is 1. The lowest BCUT2D eigenvalue weighted by molar-refractivity contribution is -0.127. The number of rotatable bonds is 4. The van der Waals surface area contributed by atoms with E-state index in [0.717, 1.165) is 42.2 Å². The average Bonchev–Trinajstić information content (AvgIpc) is 2.61. The summed E-state index contributed by atoms with van der Waals surface area (Å²) in [4.78, 5) is 27.0. The molecule has 0 aromatic carbocycles. The molecule has 1 atom stereocenters. The van der Waals surface area contributed by atoms with Crippen LogP contribution in [0.3, 0.4) is 0 Å². The Morgan fingerprint density at radius 3 is 2.72 bits per heavy atom. The van der Waals surface area contributed by atoms with Gasteiger partial charge in [0.05, 0.1) is 11.9 Å². The first-order chi connectivity index (χ1) is 12.0. The highest BCUT2D eigenvalue weighted by molar-refractivity contribution is 5.87. The van der Waals surface area contributed by atoms with Crippen molar-refractivity contribution in [1.82, 2.24) is 19.9 Å². The number of hydrogen-bond acceptors (Lipinski definition) is 5. The van der Waals surface area contributed by atoms with Crippen LogP contribution in [0.25, 0.3) is 0 Å². The summed E-state index contributed by atoms with van der Waals surface area (Å²) in [6.45, 7) is 8.96. The van der Waals surface area contributed by atoms with E-state index >= 15 is 0 Å². The molecule has 1 aliphatic heterocycles. The lowest BCUT2D eigenvalue weighted by atomic mass is 9.94. The zero-order valence-electron chi connectivity index (χ0n) is 14.7. The third-order valence-corrected chi connectivity index (χ3v) is 4.35. The largest absolute Gasteiger partial charge is 0.339 e. The van der Waals surface area contributed by atoms with Gasteiger partial charge in [0.1, 0.15) is 0 Å². The number of piperidine rings is 1. The summed E-state index contributed by atoms with van der Waals surface area (Å²) in [7, 11) is 0. The minimum atomic E-state index is -0.00467. The second-order valence-electron chi connectivity index (χ2n) is 6.40. The highest BCUT2D eigenvalue weighted by Gasteiger charge is 2.24. The van der Waals surface area contributed by atoms with E-state index in [9.17, 15) is 4.79 Å². The van der Waals surface area contributed by atoms with Gasteiger partial charge >= 0.3 is 0 Å². The zero-order valence-corrected chi connectivity index (χ0v) is 14.7. The van der Waals surface area contributed by atoms with Gasteiger partial charge in [-0.3, -0.25) is 9.78 Å². The molecule has 0 radical (unpaired) electrons. The number of likely N-dealkylation sites (tertiary alicyclic amines) is 1. The van der Waals surface area contributed by atoms with Crippen molar-refractivity contribution >= 4 is 17.5 Å². The summed E-state index contributed by atoms with van der Waals surface area (Å²) in [5, 5.41) is 3.19. The summed E-state index contributed by atoms with van der Waals surface area (Å²) in [6.07, 6.45) is 5.21. The predicted molar refractivity (Wildman–Crippen MR) is 97.8 cm³/mol. The number of anilines is 2. The zero-order chi connectivity index (χ0) is 17.8. The Balaban J connectivity index is 1.69. The van der Waals surface area contributed by atoms with E-state index in [-0.39, 0.29) is 11.8 Å². The second-order valence-corrected chi connectivity index (χ2v) is 6.40. The first-order valence-electron chi connectivity index (χ1n) is 8.52. The van der Waals surface area contributed by atoms with Crippen LogP contribution in [0.2, 0.25) is 0 Å². The van der Waals surface area contributed by atoms with Crippen molar-refractivity contribution in [3.05, 3.63) is 54.1 Å². The summed E-state index contributed by atoms with van der Waals surface area (Å²) < 4.78 is 0. The molecule has 0 bridgehead atoms. The summed E-state index contributed by atoms with van der Waals surface area (Å²) in [5.41, 5.74) is 3.71. The number of carbonyl (C=O) groups excluding carboxylic acids is 1. The monoisotopic (exact) mass is 337 g/mol. The van der Waals surface area contributed by atoms with Gasteiger partial charge < -0.3 is 10.2 Å². The minimum absolute atomic E-state index is 0.00467. The highest BCUT2D eigenvalue weighted by Crippen LogP contribution is 2.26. The Labute approximate surface area is 148 Å². The van der Waals surface area contributed by atoms with E-state index < -0.39 is 0 Å². The summed E-state index contributed by atoms with van der Waals surface area (Å²) in [5.74, 6) is 0.839. The Morgan fingerprint density at radius 1 is 1.32 bits per heavy atom. The molecule has 1 saturated heterocycles. The van der Waals surface area contributed by atoms with Crippen molar-refractivity contribution in [2.75, 3.05) is 18.4 Å². The summed E-state index contributed by atoms with van der Waals surface area (Å²) in [6, 6.07) is 5.93. The van der Waals surface area contributed by atoms with E-state index in [0.29, 0.717) is 12.5 Å². The van der Waals surface area contributed by atoms with E-state index in [1.54, 1.807) is 6.20 Å². The van der Waals surface area contributed by atoms with Crippen molar-refractivity contribution in [1.29, 1.82) is 0 Å². The number of amides is 1. The van der Waals surface area contributed by atoms with Gasteiger partial charge in [-0.2, -0.15) is 0 Å². The van der Waals surface area contributed by atoms with Crippen LogP contribution in [0, 0.1) is 13.8 Å². The van der Waals surface area contributed by atoms with Crippen LogP contribution in [0.4, 0.5) is 11.6 Å². The van der Waals surface area contributed by atoms with Crippen LogP contribution in [-0.2, 0) is 4.79 Å². The minimum Gasteiger partial charge on any atom is -0.339 e. The number of nitrogens with one attached hydrogen (secondary N) is 1. The molecule has 0 unspecified atom stereocenters. The van der Waals surface area contributed by atoms with Crippen molar-refractivity contribution in [3.63, 3.8) is 0 Å². The van der Waals surface area contributed by atoms with Gasteiger partial charge in [0, 0.05) is 36.1 Å². The number of nitrogens with zero attached hydrogens (tertiary/aromatic N) is 4. The molecule has 1 amide bonds. The lowest BCUT2D eigenvalue weighted by Crippen LogP contribution is -2.38. The van der Waals surface area contributed by atoms with E-state index in [1.807, 2.05) is 36.9 Å². The Bertz CT molecular complexity index is 752. The van der Waals surface area contributed by atoms with Crippen LogP contribution < -0.4 is 5.32 Å². The maximum absolute atomic E-state index is 11.8. The Hall–Kier alpha value is -2.76. The molecular weight excluding hydrogens is 314 g/mol. The number of aromatic nitrogens is 3. The molecule has 0 aliphatic carbocycles. The standard InChI is InChI=1S/C19H23N5O/c1-4-18(25)24-9-5-6-15(12-24)17-8-7-16(11-20-17)23-19-21-13(2)10-14(3)22-19/h4,7-8,10-11,15H,1,5-6,9,12H2,2-3H3,(H,21,22,23)/t15-/m1/s1. The van der Waals surface area contributed by atoms with Crippen molar-refractivity contribution in [3.8, 4) is 0 Å². The molecule has 0 spiro atoms. The smallest absolute Gasteiger partial charge is 0.245 e. The SMILES string of the molecule is C=CC(=O)N1CCC[C@@H](c2ccc(Nc3nc(C)cc(C)n3)cn2)C1. The molecule has 1 N–H and O–H groups in total. The molecule has 1 aliphatic rings. The Morgan fingerprint density at radius 2 is 2.08 bits per heavy atom. The summed E-state index contributed by atoms with van der Waals surface area (Å²) >= 11 is 0. The number of aryl methyl sites for hydroxylation is 2. The van der Waals surface area contributed by atoms with Crippen LogP contribution in [0.5, 0.6) is 0 Å². The van der Waals surface area contributed by atoms with Gasteiger partial charge in [-0.1, -0.05) is 6.58 Å². The van der Waals surface area contributed by atoms with Crippen molar-refractivity contribution in [2.24, 2.45) is 0 Å². The molecule has 130 valence electrons. The van der Waals surface area contributed by atoms with Gasteiger partial charge in [-0.15, -0.1) is 0 Å². The maximum atomic E-state index is 11.8. The second kappa shape index (κ2) is 7.42. The molecule has 25 heavy (non-hydrogen) atoms. The van der Waals surface area contributed by atoms with Gasteiger partial charge in [0.2, 0.25) is 11.9 Å². The van der Waals surface area contributed by atoms with Crippen LogP contribution in [0.15, 0.2) is 37.1 Å². The fraction of sp³-hybridized carbons (Fsp3) is 0.368. The third-order valence-electron chi connectivity index (χ3n) is 4.35. The van der Waals surface area contributed by atoms with E-state index in [4.69, 9.17) is 0 Å². The molecule has 6 heteroatoms. The quantitative estimate of drug-likeness (QED) is 0.868. The fourth-order valence-corrected chi connectivity index (χ4v) is 3.18. The number of hydrogen-bond donors (Lipinski definition) is 1. The highest BCUT2D eigenvalue weighted by atomic mass is 16.2. The Kier molecular flexibility index (Phi) is 5.07. The molecule has 6 nitrogen and oxygen atoms in total. The van der Waals surface area contributed by atoms with E-state index in [2.05, 4.69) is 26.8 Å². The molecular formula is C19H23N5O. The van der Waals surface area contributed by atoms with Gasteiger partial charge in [-0.25, -0.2) is 9.97 Å². The normalized spacial score (nSPS) is 17.2. The van der Waals surface area contributed by atoms with E-state index in [1.165, 1.54) is 6.08 Å². The number of carbonyl (C=O) groups is 1. The molecule has 1 fully saturated rings. The average molecular weight is 337 g/mol.